The summed E-state index contributed by atoms with van der Waals surface area (Å²) in [6, 6.07) is 21.7. The van der Waals surface area contributed by atoms with Gasteiger partial charge in [-0.2, -0.15) is 0 Å². The SMILES string of the molecule is [Br][Mg][c]1cc2ccccc2cc1-c1ccc(Br)cc1. The second-order valence-electron chi connectivity index (χ2n) is 4.50. The van der Waals surface area contributed by atoms with Crippen molar-refractivity contribution < 1.29 is 0 Å². The van der Waals surface area contributed by atoms with Crippen LogP contribution in [0.1, 0.15) is 0 Å². The molecular weight excluding hydrogens is 376 g/mol. The van der Waals surface area contributed by atoms with Crippen LogP contribution in [0, 0.1) is 0 Å². The molecule has 3 aromatic carbocycles. The Morgan fingerprint density at radius 1 is 0.789 bits per heavy atom. The fourth-order valence-corrected chi connectivity index (χ4v) is 4.70. The Bertz CT molecular complexity index is 720. The molecule has 90 valence electrons. The summed E-state index contributed by atoms with van der Waals surface area (Å²) in [5, 5.41) is 2.63. The van der Waals surface area contributed by atoms with E-state index in [1.807, 2.05) is 0 Å². The van der Waals surface area contributed by atoms with Gasteiger partial charge >= 0.3 is 18.2 Å². The fraction of sp³-hybridized carbons (Fsp3) is 0. The van der Waals surface area contributed by atoms with E-state index in [0.29, 0.717) is 0 Å². The first kappa shape index (κ1) is 13.6. The predicted octanol–water partition coefficient (Wildman–Crippen LogP) is 4.91. The maximum absolute atomic E-state index is 3.74. The lowest BCUT2D eigenvalue weighted by Crippen LogP contribution is -2.11. The zero-order valence-corrected chi connectivity index (χ0v) is 14.8. The lowest BCUT2D eigenvalue weighted by molar-refractivity contribution is 1.63. The lowest BCUT2D eigenvalue weighted by atomic mass is 10.0. The molecule has 0 heterocycles. The number of fused-ring (bicyclic) bond motifs is 1. The highest BCUT2D eigenvalue weighted by Crippen LogP contribution is 2.24. The van der Waals surface area contributed by atoms with Gasteiger partial charge in [0.05, 0.1) is 0 Å². The van der Waals surface area contributed by atoms with Gasteiger partial charge in [-0.25, -0.2) is 0 Å². The van der Waals surface area contributed by atoms with E-state index in [-0.39, 0.29) is 18.2 Å². The first-order chi connectivity index (χ1) is 9.28. The molecular formula is C16H10Br2Mg. The summed E-state index contributed by atoms with van der Waals surface area (Å²) in [6.07, 6.45) is 0. The van der Waals surface area contributed by atoms with E-state index in [9.17, 15) is 0 Å². The molecule has 0 radical (unpaired) electrons. The number of benzene rings is 3. The van der Waals surface area contributed by atoms with Gasteiger partial charge in [0.25, 0.3) is 0 Å². The number of rotatable bonds is 2. The van der Waals surface area contributed by atoms with Crippen molar-refractivity contribution in [1.82, 2.24) is 0 Å². The second kappa shape index (κ2) is 5.96. The van der Waals surface area contributed by atoms with E-state index in [2.05, 4.69) is 89.5 Å². The molecule has 0 amide bonds. The van der Waals surface area contributed by atoms with Crippen molar-refractivity contribution in [3.05, 3.63) is 65.1 Å². The van der Waals surface area contributed by atoms with Crippen LogP contribution in [0.3, 0.4) is 0 Å². The summed E-state index contributed by atoms with van der Waals surface area (Å²) in [5.41, 5.74) is 2.64. The lowest BCUT2D eigenvalue weighted by Gasteiger charge is -2.11. The van der Waals surface area contributed by atoms with Crippen molar-refractivity contribution in [1.29, 1.82) is 0 Å². The molecule has 0 fully saturated rings. The van der Waals surface area contributed by atoms with Crippen molar-refractivity contribution in [2.24, 2.45) is 0 Å². The van der Waals surface area contributed by atoms with E-state index in [4.69, 9.17) is 0 Å². The highest BCUT2D eigenvalue weighted by molar-refractivity contribution is 9.23. The highest BCUT2D eigenvalue weighted by atomic mass is 79.9. The van der Waals surface area contributed by atoms with Gasteiger partial charge in [-0.1, -0.05) is 58.4 Å². The maximum atomic E-state index is 3.74. The van der Waals surface area contributed by atoms with Gasteiger partial charge in [-0.3, -0.25) is 12.9 Å². The minimum absolute atomic E-state index is 0.379. The molecule has 0 aromatic heterocycles. The van der Waals surface area contributed by atoms with Gasteiger partial charge in [0.15, 0.2) is 0 Å². The zero-order chi connectivity index (χ0) is 13.2. The minimum atomic E-state index is -0.379. The Balaban J connectivity index is 2.23. The summed E-state index contributed by atoms with van der Waals surface area (Å²) in [7, 11) is 0. The van der Waals surface area contributed by atoms with Crippen LogP contribution in [0.2, 0.25) is 0 Å². The van der Waals surface area contributed by atoms with E-state index in [1.54, 1.807) is 0 Å². The van der Waals surface area contributed by atoms with Crippen LogP contribution in [0.4, 0.5) is 0 Å². The molecule has 3 rings (SSSR count). The van der Waals surface area contributed by atoms with Crippen molar-refractivity contribution >= 4 is 61.5 Å². The largest absolute Gasteiger partial charge is 0.507 e. The average molecular weight is 386 g/mol. The average Bonchev–Trinajstić information content (AvgIpc) is 2.46. The second-order valence-corrected chi connectivity index (χ2v) is 8.12. The van der Waals surface area contributed by atoms with Crippen molar-refractivity contribution in [2.75, 3.05) is 0 Å². The third-order valence-electron chi connectivity index (χ3n) is 3.27. The molecule has 19 heavy (non-hydrogen) atoms. The third kappa shape index (κ3) is 2.89. The minimum Gasteiger partial charge on any atom is -0.296 e. The van der Waals surface area contributed by atoms with E-state index >= 15 is 0 Å². The molecule has 0 N–H and O–H groups in total. The molecule has 0 bridgehead atoms. The topological polar surface area (TPSA) is 0 Å². The monoisotopic (exact) mass is 384 g/mol. The molecule has 3 heteroatoms. The Kier molecular flexibility index (Phi) is 4.27. The third-order valence-corrected chi connectivity index (χ3v) is 6.48. The van der Waals surface area contributed by atoms with Gasteiger partial charge < -0.3 is 0 Å². The van der Waals surface area contributed by atoms with E-state index < -0.39 is 0 Å². The van der Waals surface area contributed by atoms with Crippen LogP contribution < -0.4 is 3.69 Å². The van der Waals surface area contributed by atoms with Gasteiger partial charge in [-0.15, -0.1) is 3.69 Å². The summed E-state index contributed by atoms with van der Waals surface area (Å²) < 4.78 is 2.58. The first-order valence-electron chi connectivity index (χ1n) is 6.11. The summed E-state index contributed by atoms with van der Waals surface area (Å²) in [5.74, 6) is 0. The van der Waals surface area contributed by atoms with Crippen LogP contribution in [0.5, 0.6) is 0 Å². The van der Waals surface area contributed by atoms with Crippen molar-refractivity contribution in [3.63, 3.8) is 0 Å². The molecule has 3 aromatic rings. The Labute approximate surface area is 136 Å². The van der Waals surface area contributed by atoms with Gasteiger partial charge in [0.1, 0.15) is 0 Å². The molecule has 0 spiro atoms. The van der Waals surface area contributed by atoms with Crippen LogP contribution >= 0.6 is 28.8 Å². The number of hydrogen-bond donors (Lipinski definition) is 0. The van der Waals surface area contributed by atoms with Crippen LogP contribution in [0.15, 0.2) is 65.1 Å². The standard InChI is InChI=1S/C16H10Br.BrH.Mg/c17-16-9-7-13(8-10-16)15-6-5-12-3-1-2-4-14(12)11-15;;/h1-5,7-11H;1H;/q;;+1/p-1. The summed E-state index contributed by atoms with van der Waals surface area (Å²) in [6.45, 7) is 0. The maximum Gasteiger partial charge on any atom is 0.507 e. The molecule has 0 atom stereocenters. The summed E-state index contributed by atoms with van der Waals surface area (Å²) in [4.78, 5) is 0. The number of halogens is 2. The van der Waals surface area contributed by atoms with E-state index in [0.717, 1.165) is 4.47 Å². The molecule has 0 nitrogen and oxygen atoms in total. The van der Waals surface area contributed by atoms with Crippen LogP contribution in [-0.4, -0.2) is 18.2 Å². The zero-order valence-electron chi connectivity index (χ0n) is 10.2. The smallest absolute Gasteiger partial charge is 0.296 e. The van der Waals surface area contributed by atoms with Gasteiger partial charge in [0, 0.05) is 4.47 Å². The van der Waals surface area contributed by atoms with Gasteiger partial charge in [0.2, 0.25) is 0 Å². The molecule has 0 aliphatic rings. The molecule has 0 saturated carbocycles. The first-order valence-corrected chi connectivity index (χ1v) is 11.5. The Hall–Kier alpha value is -0.354. The molecule has 0 aliphatic carbocycles. The Morgan fingerprint density at radius 3 is 2.05 bits per heavy atom. The van der Waals surface area contributed by atoms with Crippen molar-refractivity contribution in [2.45, 2.75) is 0 Å². The quantitative estimate of drug-likeness (QED) is 0.549. The van der Waals surface area contributed by atoms with E-state index in [1.165, 1.54) is 25.6 Å². The van der Waals surface area contributed by atoms with Crippen LogP contribution in [0.25, 0.3) is 21.9 Å². The molecule has 0 unspecified atom stereocenters. The predicted molar refractivity (Wildman–Crippen MR) is 91.4 cm³/mol. The number of hydrogen-bond acceptors (Lipinski definition) is 0. The Morgan fingerprint density at radius 2 is 1.42 bits per heavy atom. The fourth-order valence-electron chi connectivity index (χ4n) is 2.30. The molecule has 0 aliphatic heterocycles. The molecule has 0 saturated heterocycles. The normalized spacial score (nSPS) is 10.4. The summed E-state index contributed by atoms with van der Waals surface area (Å²) >= 11 is 6.85. The van der Waals surface area contributed by atoms with Crippen LogP contribution in [-0.2, 0) is 0 Å². The van der Waals surface area contributed by atoms with Gasteiger partial charge in [-0.05, 0) is 40.1 Å². The highest BCUT2D eigenvalue weighted by Gasteiger charge is 2.07. The van der Waals surface area contributed by atoms with Crippen molar-refractivity contribution in [3.8, 4) is 11.1 Å².